The Bertz CT molecular complexity index is 1470. The second kappa shape index (κ2) is 8.45. The zero-order chi connectivity index (χ0) is 24.0. The maximum absolute atomic E-state index is 11.4. The van der Waals surface area contributed by atoms with Crippen LogP contribution in [0.15, 0.2) is 47.4 Å². The lowest BCUT2D eigenvalue weighted by Crippen LogP contribution is -2.02. The van der Waals surface area contributed by atoms with Gasteiger partial charge in [0.15, 0.2) is 0 Å². The van der Waals surface area contributed by atoms with Crippen LogP contribution < -0.4 is 0 Å². The van der Waals surface area contributed by atoms with Crippen molar-refractivity contribution in [3.63, 3.8) is 0 Å². The summed E-state index contributed by atoms with van der Waals surface area (Å²) in [6.07, 6.45) is 0. The van der Waals surface area contributed by atoms with Crippen LogP contribution in [0.25, 0.3) is 21.5 Å². The molecule has 0 saturated carbocycles. The molecule has 32 heavy (non-hydrogen) atoms. The van der Waals surface area contributed by atoms with Gasteiger partial charge in [-0.15, -0.1) is 0 Å². The molecule has 0 atom stereocenters. The first-order valence-corrected chi connectivity index (χ1v) is 11.7. The number of aromatic hydroxyl groups is 2. The molecular formula is C26H28O5S. The lowest BCUT2D eigenvalue weighted by Gasteiger charge is -2.12. The highest BCUT2D eigenvalue weighted by molar-refractivity contribution is 7.86. The molecule has 0 radical (unpaired) electrons. The highest BCUT2D eigenvalue weighted by Gasteiger charge is 2.19. The predicted molar refractivity (Wildman–Crippen MR) is 129 cm³/mol. The Kier molecular flexibility index (Phi) is 6.22. The normalized spacial score (nSPS) is 11.5. The third-order valence-electron chi connectivity index (χ3n) is 6.00. The van der Waals surface area contributed by atoms with E-state index in [1.165, 1.54) is 5.56 Å². The van der Waals surface area contributed by atoms with E-state index in [-0.39, 0.29) is 10.6 Å². The second-order valence-corrected chi connectivity index (χ2v) is 9.70. The van der Waals surface area contributed by atoms with Gasteiger partial charge in [-0.3, -0.25) is 4.55 Å². The standard InChI is InChI=1S/C13H14O4S.C13H14O/c1-7-4-5-10-11(13(7)18(15,16)17)6-8(2)9(3)12(10)14;1-8-4-5-11-7-9(2)10(3)13(14)12(11)6-8/h4-6,14H,1-3H3,(H,15,16,17);4-7,14H,1-3H3. The molecular weight excluding hydrogens is 424 g/mol. The van der Waals surface area contributed by atoms with Crippen molar-refractivity contribution in [2.24, 2.45) is 0 Å². The van der Waals surface area contributed by atoms with Gasteiger partial charge >= 0.3 is 0 Å². The number of rotatable bonds is 1. The van der Waals surface area contributed by atoms with Crippen LogP contribution in [-0.2, 0) is 10.1 Å². The van der Waals surface area contributed by atoms with Gasteiger partial charge in [0.2, 0.25) is 0 Å². The third kappa shape index (κ3) is 4.29. The van der Waals surface area contributed by atoms with Gasteiger partial charge in [-0.05, 0) is 86.9 Å². The third-order valence-corrected chi connectivity index (χ3v) is 7.05. The van der Waals surface area contributed by atoms with Crippen molar-refractivity contribution in [2.75, 3.05) is 0 Å². The summed E-state index contributed by atoms with van der Waals surface area (Å²) < 4.78 is 32.2. The molecule has 0 amide bonds. The lowest BCUT2D eigenvalue weighted by atomic mass is 9.99. The highest BCUT2D eigenvalue weighted by atomic mass is 32.2. The smallest absolute Gasteiger partial charge is 0.295 e. The summed E-state index contributed by atoms with van der Waals surface area (Å²) in [4.78, 5) is -0.140. The topological polar surface area (TPSA) is 94.8 Å². The monoisotopic (exact) mass is 452 g/mol. The average Bonchev–Trinajstić information content (AvgIpc) is 2.70. The van der Waals surface area contributed by atoms with Crippen LogP contribution in [0.4, 0.5) is 0 Å². The van der Waals surface area contributed by atoms with E-state index < -0.39 is 10.1 Å². The van der Waals surface area contributed by atoms with Crippen molar-refractivity contribution < 1.29 is 23.2 Å². The number of hydrogen-bond donors (Lipinski definition) is 3. The molecule has 0 bridgehead atoms. The summed E-state index contributed by atoms with van der Waals surface area (Å²) in [6, 6.07) is 13.1. The van der Waals surface area contributed by atoms with Gasteiger partial charge < -0.3 is 10.2 Å². The van der Waals surface area contributed by atoms with Crippen molar-refractivity contribution in [3.05, 3.63) is 75.8 Å². The Balaban J connectivity index is 0.000000186. The zero-order valence-electron chi connectivity index (χ0n) is 19.1. The van der Waals surface area contributed by atoms with Gasteiger partial charge in [-0.2, -0.15) is 8.42 Å². The van der Waals surface area contributed by atoms with Crippen molar-refractivity contribution in [1.29, 1.82) is 0 Å². The van der Waals surface area contributed by atoms with Gasteiger partial charge in [0.25, 0.3) is 10.1 Å². The van der Waals surface area contributed by atoms with E-state index in [1.807, 2.05) is 26.8 Å². The average molecular weight is 453 g/mol. The Hall–Kier alpha value is -3.09. The first-order chi connectivity index (χ1) is 14.8. The fourth-order valence-corrected chi connectivity index (χ4v) is 4.77. The Morgan fingerprint density at radius 2 is 1.19 bits per heavy atom. The molecule has 0 saturated heterocycles. The SMILES string of the molecule is Cc1cc2c(S(=O)(=O)O)c(C)ccc2c(O)c1C.Cc1ccc2cc(C)c(C)c(O)c2c1. The minimum absolute atomic E-state index is 0.0508. The predicted octanol–water partition coefficient (Wildman–Crippen LogP) is 6.19. The van der Waals surface area contributed by atoms with E-state index in [0.29, 0.717) is 27.6 Å². The molecule has 4 aromatic carbocycles. The van der Waals surface area contributed by atoms with Gasteiger partial charge in [0.1, 0.15) is 16.4 Å². The molecule has 5 nitrogen and oxygen atoms in total. The van der Waals surface area contributed by atoms with Gasteiger partial charge in [0.05, 0.1) is 0 Å². The number of hydrogen-bond acceptors (Lipinski definition) is 4. The number of aryl methyl sites for hydroxylation is 4. The molecule has 0 aliphatic heterocycles. The summed E-state index contributed by atoms with van der Waals surface area (Å²) in [5.74, 6) is 0.471. The summed E-state index contributed by atoms with van der Waals surface area (Å²) in [5, 5.41) is 22.8. The number of phenols is 2. The maximum atomic E-state index is 11.4. The first-order valence-electron chi connectivity index (χ1n) is 10.2. The zero-order valence-corrected chi connectivity index (χ0v) is 19.9. The van der Waals surface area contributed by atoms with Crippen LogP contribution in [0.3, 0.4) is 0 Å². The molecule has 0 aliphatic rings. The largest absolute Gasteiger partial charge is 0.507 e. The van der Waals surface area contributed by atoms with Gasteiger partial charge in [-0.25, -0.2) is 0 Å². The minimum atomic E-state index is -4.32. The number of phenolic OH excluding ortho intramolecular Hbond substituents is 2. The molecule has 168 valence electrons. The van der Waals surface area contributed by atoms with E-state index in [9.17, 15) is 23.2 Å². The number of benzene rings is 4. The van der Waals surface area contributed by atoms with Crippen LogP contribution in [0.2, 0.25) is 0 Å². The Morgan fingerprint density at radius 1 is 0.625 bits per heavy atom. The molecule has 0 aromatic heterocycles. The summed E-state index contributed by atoms with van der Waals surface area (Å²) in [7, 11) is -4.32. The fourth-order valence-electron chi connectivity index (χ4n) is 3.85. The molecule has 4 rings (SSSR count). The van der Waals surface area contributed by atoms with E-state index >= 15 is 0 Å². The Morgan fingerprint density at radius 3 is 1.78 bits per heavy atom. The van der Waals surface area contributed by atoms with Gasteiger partial charge in [0, 0.05) is 16.2 Å². The number of fused-ring (bicyclic) bond motifs is 2. The van der Waals surface area contributed by atoms with Crippen LogP contribution >= 0.6 is 0 Å². The molecule has 0 fully saturated rings. The van der Waals surface area contributed by atoms with Crippen molar-refractivity contribution >= 4 is 31.7 Å². The van der Waals surface area contributed by atoms with E-state index in [2.05, 4.69) is 18.2 Å². The first kappa shape index (κ1) is 23.6. The van der Waals surface area contributed by atoms with E-state index in [1.54, 1.807) is 39.0 Å². The van der Waals surface area contributed by atoms with Crippen molar-refractivity contribution in [1.82, 2.24) is 0 Å². The minimum Gasteiger partial charge on any atom is -0.507 e. The molecule has 3 N–H and O–H groups in total. The fraction of sp³-hybridized carbons (Fsp3) is 0.231. The Labute approximate surface area is 188 Å². The molecule has 4 aromatic rings. The van der Waals surface area contributed by atoms with Crippen LogP contribution in [0.5, 0.6) is 11.5 Å². The van der Waals surface area contributed by atoms with E-state index in [4.69, 9.17) is 0 Å². The molecule has 6 heteroatoms. The molecule has 0 aliphatic carbocycles. The van der Waals surface area contributed by atoms with Crippen LogP contribution in [0.1, 0.15) is 33.4 Å². The summed E-state index contributed by atoms with van der Waals surface area (Å²) >= 11 is 0. The lowest BCUT2D eigenvalue weighted by molar-refractivity contribution is 0.476. The van der Waals surface area contributed by atoms with Crippen molar-refractivity contribution in [3.8, 4) is 11.5 Å². The molecule has 0 spiro atoms. The maximum Gasteiger partial charge on any atom is 0.295 e. The molecule has 0 unspecified atom stereocenters. The van der Waals surface area contributed by atoms with Crippen LogP contribution in [-0.4, -0.2) is 23.2 Å². The van der Waals surface area contributed by atoms with Crippen molar-refractivity contribution in [2.45, 2.75) is 46.4 Å². The molecule has 0 heterocycles. The van der Waals surface area contributed by atoms with Gasteiger partial charge in [-0.1, -0.05) is 35.9 Å². The second-order valence-electron chi connectivity index (χ2n) is 8.34. The summed E-state index contributed by atoms with van der Waals surface area (Å²) in [5.41, 5.74) is 5.22. The highest BCUT2D eigenvalue weighted by Crippen LogP contribution is 2.36. The summed E-state index contributed by atoms with van der Waals surface area (Å²) in [6.45, 7) is 11.2. The van der Waals surface area contributed by atoms with Crippen LogP contribution in [0, 0.1) is 41.5 Å². The quantitative estimate of drug-likeness (QED) is 0.299. The van der Waals surface area contributed by atoms with E-state index in [0.717, 1.165) is 27.5 Å².